The Morgan fingerprint density at radius 3 is 2.80 bits per heavy atom. The number of rotatable bonds is 6. The molecule has 7 heteroatoms. The van der Waals surface area contributed by atoms with Crippen molar-refractivity contribution < 1.29 is 9.50 Å². The van der Waals surface area contributed by atoms with E-state index < -0.39 is 6.10 Å². The minimum Gasteiger partial charge on any atom is -0.404 e. The first-order valence-electron chi connectivity index (χ1n) is 7.98. The van der Waals surface area contributed by atoms with Gasteiger partial charge < -0.3 is 10.8 Å². The van der Waals surface area contributed by atoms with E-state index in [1.165, 1.54) is 18.3 Å². The smallest absolute Gasteiger partial charge is 0.123 e. The summed E-state index contributed by atoms with van der Waals surface area (Å²) < 4.78 is 16.2. The Balaban J connectivity index is 2.61. The second kappa shape index (κ2) is 8.40. The van der Waals surface area contributed by atoms with Gasteiger partial charge in [0.05, 0.1) is 18.0 Å². The van der Waals surface area contributed by atoms with Crippen LogP contribution in [0.1, 0.15) is 31.1 Å². The molecule has 5 nitrogen and oxygen atoms in total. The van der Waals surface area contributed by atoms with Crippen LogP contribution in [0.15, 0.2) is 41.2 Å². The van der Waals surface area contributed by atoms with E-state index >= 15 is 0 Å². The molecule has 0 aliphatic rings. The fourth-order valence-electron chi connectivity index (χ4n) is 2.75. The van der Waals surface area contributed by atoms with E-state index in [4.69, 9.17) is 5.73 Å². The molecule has 0 saturated carbocycles. The number of nitrogens with two attached hydrogens (primary N) is 1. The Labute approximate surface area is 155 Å². The molecule has 0 fully saturated rings. The molecule has 0 saturated heterocycles. The number of hydrogen-bond acceptors (Lipinski definition) is 4. The average Bonchev–Trinajstić information content (AvgIpc) is 3.01. The molecule has 0 aliphatic heterocycles. The van der Waals surface area contributed by atoms with Crippen molar-refractivity contribution in [1.82, 2.24) is 9.78 Å². The molecule has 25 heavy (non-hydrogen) atoms. The maximum Gasteiger partial charge on any atom is 0.123 e. The van der Waals surface area contributed by atoms with Crippen LogP contribution in [0.5, 0.6) is 0 Å². The highest BCUT2D eigenvalue weighted by molar-refractivity contribution is 9.18. The molecule has 1 heterocycles. The SMILES string of the molecule is CCn1ncc(CC(=CN)C(Br)=NC)c1-c1ccc(F)cc1C(C)O. The summed E-state index contributed by atoms with van der Waals surface area (Å²) in [5.74, 6) is -0.382. The first-order valence-corrected chi connectivity index (χ1v) is 8.78. The lowest BCUT2D eigenvalue weighted by atomic mass is 9.96. The van der Waals surface area contributed by atoms with E-state index in [-0.39, 0.29) is 5.82 Å². The highest BCUT2D eigenvalue weighted by Crippen LogP contribution is 2.33. The van der Waals surface area contributed by atoms with Crippen LogP contribution in [0, 0.1) is 5.82 Å². The first kappa shape index (κ1) is 19.3. The van der Waals surface area contributed by atoms with Crippen molar-refractivity contribution >= 4 is 20.6 Å². The monoisotopic (exact) mass is 408 g/mol. The van der Waals surface area contributed by atoms with Crippen molar-refractivity contribution in [3.05, 3.63) is 53.1 Å². The van der Waals surface area contributed by atoms with E-state index in [0.29, 0.717) is 23.1 Å². The molecule has 0 aliphatic carbocycles. The zero-order chi connectivity index (χ0) is 18.6. The van der Waals surface area contributed by atoms with Gasteiger partial charge in [0.2, 0.25) is 0 Å². The highest BCUT2D eigenvalue weighted by Gasteiger charge is 2.20. The number of allylic oxidation sites excluding steroid dienone is 1. The molecule has 2 rings (SSSR count). The van der Waals surface area contributed by atoms with Gasteiger partial charge in [-0.3, -0.25) is 9.67 Å². The van der Waals surface area contributed by atoms with Crippen molar-refractivity contribution in [1.29, 1.82) is 0 Å². The third-order valence-corrected chi connectivity index (χ3v) is 4.84. The van der Waals surface area contributed by atoms with E-state index in [0.717, 1.165) is 22.4 Å². The maximum absolute atomic E-state index is 13.7. The predicted molar refractivity (Wildman–Crippen MR) is 102 cm³/mol. The number of aliphatic hydroxyl groups excluding tert-OH is 1. The molecule has 1 aromatic heterocycles. The van der Waals surface area contributed by atoms with Crippen LogP contribution in [0.3, 0.4) is 0 Å². The van der Waals surface area contributed by atoms with Crippen LogP contribution in [0.2, 0.25) is 0 Å². The third-order valence-electron chi connectivity index (χ3n) is 3.98. The van der Waals surface area contributed by atoms with Crippen LogP contribution in [0.25, 0.3) is 11.3 Å². The topological polar surface area (TPSA) is 76.4 Å². The van der Waals surface area contributed by atoms with Crippen molar-refractivity contribution in [2.75, 3.05) is 7.05 Å². The van der Waals surface area contributed by atoms with E-state index in [1.54, 1.807) is 26.2 Å². The number of hydrogen-bond donors (Lipinski definition) is 2. The van der Waals surface area contributed by atoms with Gasteiger partial charge >= 0.3 is 0 Å². The Morgan fingerprint density at radius 2 is 2.24 bits per heavy atom. The van der Waals surface area contributed by atoms with Crippen molar-refractivity contribution in [3.8, 4) is 11.3 Å². The van der Waals surface area contributed by atoms with Crippen LogP contribution >= 0.6 is 15.9 Å². The van der Waals surface area contributed by atoms with Crippen LogP contribution in [0.4, 0.5) is 4.39 Å². The van der Waals surface area contributed by atoms with Crippen molar-refractivity contribution in [3.63, 3.8) is 0 Å². The predicted octanol–water partition coefficient (Wildman–Crippen LogP) is 3.57. The van der Waals surface area contributed by atoms with Gasteiger partial charge in [-0.1, -0.05) is 0 Å². The Bertz CT molecular complexity index is 811. The zero-order valence-electron chi connectivity index (χ0n) is 14.5. The van der Waals surface area contributed by atoms with E-state index in [9.17, 15) is 9.50 Å². The molecule has 1 aromatic carbocycles. The standard InChI is InChI=1S/C18H22BrFN4O/c1-4-24-17(15-6-5-14(20)8-16(15)11(2)25)13(10-23-24)7-12(9-21)18(19)22-3/h5-6,8-11,25H,4,7,21H2,1-3H3. The van der Waals surface area contributed by atoms with Gasteiger partial charge in [-0.15, -0.1) is 0 Å². The molecule has 0 amide bonds. The van der Waals surface area contributed by atoms with Crippen LogP contribution < -0.4 is 5.73 Å². The van der Waals surface area contributed by atoms with Crippen molar-refractivity contribution in [2.24, 2.45) is 10.7 Å². The lowest BCUT2D eigenvalue weighted by Crippen LogP contribution is -2.06. The molecule has 0 radical (unpaired) electrons. The highest BCUT2D eigenvalue weighted by atomic mass is 79.9. The van der Waals surface area contributed by atoms with Crippen LogP contribution in [-0.2, 0) is 13.0 Å². The van der Waals surface area contributed by atoms with Gasteiger partial charge in [-0.2, -0.15) is 5.10 Å². The van der Waals surface area contributed by atoms with E-state index in [2.05, 4.69) is 26.0 Å². The maximum atomic E-state index is 13.7. The molecular weight excluding hydrogens is 387 g/mol. The number of benzene rings is 1. The largest absolute Gasteiger partial charge is 0.404 e. The number of aromatic nitrogens is 2. The van der Waals surface area contributed by atoms with Gasteiger partial charge in [-0.05, 0) is 53.5 Å². The summed E-state index contributed by atoms with van der Waals surface area (Å²) in [5, 5.41) is 14.5. The van der Waals surface area contributed by atoms with Gasteiger partial charge in [0.15, 0.2) is 0 Å². The second-order valence-electron chi connectivity index (χ2n) is 5.62. The first-order chi connectivity index (χ1) is 11.9. The Kier molecular flexibility index (Phi) is 6.50. The number of aliphatic imine (C=N–C) groups is 1. The minimum absolute atomic E-state index is 0.382. The summed E-state index contributed by atoms with van der Waals surface area (Å²) in [6.45, 7) is 4.25. The minimum atomic E-state index is -0.799. The second-order valence-corrected chi connectivity index (χ2v) is 6.38. The summed E-state index contributed by atoms with van der Waals surface area (Å²) >= 11 is 3.40. The molecule has 1 unspecified atom stereocenters. The molecule has 0 bridgehead atoms. The number of halogens is 2. The molecule has 1 atom stereocenters. The summed E-state index contributed by atoms with van der Waals surface area (Å²) in [5.41, 5.74) is 9.60. The summed E-state index contributed by atoms with van der Waals surface area (Å²) in [6.07, 6.45) is 2.99. The van der Waals surface area contributed by atoms with E-state index in [1.807, 2.05) is 11.6 Å². The molecule has 0 spiro atoms. The average molecular weight is 409 g/mol. The molecule has 3 N–H and O–H groups in total. The normalized spacial score (nSPS) is 14.0. The number of nitrogens with zero attached hydrogens (tertiary/aromatic N) is 3. The van der Waals surface area contributed by atoms with Crippen molar-refractivity contribution in [2.45, 2.75) is 32.9 Å². The molecule has 2 aromatic rings. The summed E-state index contributed by atoms with van der Waals surface area (Å²) in [4.78, 5) is 4.11. The third kappa shape index (κ3) is 4.16. The Hall–Kier alpha value is -1.99. The molecule has 134 valence electrons. The lowest BCUT2D eigenvalue weighted by Gasteiger charge is -2.16. The van der Waals surface area contributed by atoms with Gasteiger partial charge in [0.1, 0.15) is 10.4 Å². The summed E-state index contributed by atoms with van der Waals surface area (Å²) in [7, 11) is 1.68. The number of aryl methyl sites for hydroxylation is 1. The van der Waals surface area contributed by atoms with Gasteiger partial charge in [0.25, 0.3) is 0 Å². The number of aliphatic hydroxyl groups is 1. The van der Waals surface area contributed by atoms with Gasteiger partial charge in [-0.25, -0.2) is 4.39 Å². The Morgan fingerprint density at radius 1 is 1.52 bits per heavy atom. The van der Waals surface area contributed by atoms with Crippen LogP contribution in [-0.4, -0.2) is 26.6 Å². The fourth-order valence-corrected chi connectivity index (χ4v) is 3.02. The molecular formula is C18H22BrFN4O. The quantitative estimate of drug-likeness (QED) is 0.717. The van der Waals surface area contributed by atoms with Gasteiger partial charge in [0, 0.05) is 42.9 Å². The zero-order valence-corrected chi connectivity index (χ0v) is 16.1. The lowest BCUT2D eigenvalue weighted by molar-refractivity contribution is 0.199. The summed E-state index contributed by atoms with van der Waals surface area (Å²) in [6, 6.07) is 4.43. The fraction of sp³-hybridized carbons (Fsp3) is 0.333.